The molecule has 0 saturated carbocycles. The second-order valence-electron chi connectivity index (χ2n) is 4.28. The van der Waals surface area contributed by atoms with E-state index in [-0.39, 0.29) is 18.0 Å². The summed E-state index contributed by atoms with van der Waals surface area (Å²) < 4.78 is 6.93. The van der Waals surface area contributed by atoms with E-state index in [1.54, 1.807) is 30.1 Å². The fourth-order valence-electron chi connectivity index (χ4n) is 1.77. The molecule has 0 aromatic carbocycles. The second-order valence-corrected chi connectivity index (χ2v) is 4.28. The Morgan fingerprint density at radius 3 is 2.90 bits per heavy atom. The van der Waals surface area contributed by atoms with Crippen molar-refractivity contribution >= 4 is 11.9 Å². The summed E-state index contributed by atoms with van der Waals surface area (Å²) in [7, 11) is 0. The molecule has 7 nitrogen and oxygen atoms in total. The molecular formula is C13H15N3O4. The molecule has 7 heteroatoms. The molecule has 0 aliphatic rings. The predicted octanol–water partition coefficient (Wildman–Crippen LogP) is 1.19. The first-order chi connectivity index (χ1) is 9.56. The molecule has 0 bridgehead atoms. The smallest absolute Gasteiger partial charge is 0.339 e. The zero-order chi connectivity index (χ0) is 14.5. The van der Waals surface area contributed by atoms with Gasteiger partial charge in [-0.1, -0.05) is 0 Å². The Balaban J connectivity index is 1.81. The highest BCUT2D eigenvalue weighted by molar-refractivity contribution is 5.88. The molecule has 2 N–H and O–H groups in total. The highest BCUT2D eigenvalue weighted by Gasteiger charge is 2.14. The molecule has 106 valence electrons. The number of carbonyl (C=O) groups is 2. The molecule has 0 aliphatic heterocycles. The van der Waals surface area contributed by atoms with Gasteiger partial charge in [0.25, 0.3) is 0 Å². The number of nitrogens with zero attached hydrogens (tertiary/aromatic N) is 2. The minimum atomic E-state index is -1.04. The van der Waals surface area contributed by atoms with E-state index < -0.39 is 5.97 Å². The fraction of sp³-hybridized carbons (Fsp3) is 0.308. The summed E-state index contributed by atoms with van der Waals surface area (Å²) in [6.45, 7) is 2.24. The van der Waals surface area contributed by atoms with Crippen molar-refractivity contribution in [1.29, 1.82) is 0 Å². The van der Waals surface area contributed by atoms with Gasteiger partial charge in [-0.05, 0) is 19.1 Å². The number of aromatic carboxylic acids is 1. The maximum Gasteiger partial charge on any atom is 0.339 e. The molecule has 2 aromatic heterocycles. The number of aromatic nitrogens is 2. The van der Waals surface area contributed by atoms with Crippen LogP contribution >= 0.6 is 0 Å². The summed E-state index contributed by atoms with van der Waals surface area (Å²) >= 11 is 0. The minimum Gasteiger partial charge on any atom is -0.478 e. The lowest BCUT2D eigenvalue weighted by molar-refractivity contribution is -0.121. The summed E-state index contributed by atoms with van der Waals surface area (Å²) in [5.74, 6) is -0.431. The van der Waals surface area contributed by atoms with Crippen molar-refractivity contribution < 1.29 is 19.1 Å². The number of rotatable bonds is 6. The average molecular weight is 277 g/mol. The van der Waals surface area contributed by atoms with E-state index in [0.29, 0.717) is 24.5 Å². The summed E-state index contributed by atoms with van der Waals surface area (Å²) in [6, 6.07) is 3.21. The van der Waals surface area contributed by atoms with Crippen LogP contribution in [0.3, 0.4) is 0 Å². The van der Waals surface area contributed by atoms with Gasteiger partial charge in [-0.2, -0.15) is 5.10 Å². The quantitative estimate of drug-likeness (QED) is 0.826. The van der Waals surface area contributed by atoms with Crippen LogP contribution in [0.5, 0.6) is 0 Å². The third-order valence-corrected chi connectivity index (χ3v) is 2.79. The third kappa shape index (κ3) is 3.47. The molecule has 0 atom stereocenters. The van der Waals surface area contributed by atoms with Gasteiger partial charge in [-0.3, -0.25) is 9.48 Å². The topological polar surface area (TPSA) is 97.4 Å². The molecule has 0 fully saturated rings. The summed E-state index contributed by atoms with van der Waals surface area (Å²) in [4.78, 5) is 22.5. The lowest BCUT2D eigenvalue weighted by Crippen LogP contribution is -2.23. The third-order valence-electron chi connectivity index (χ3n) is 2.79. The van der Waals surface area contributed by atoms with Crippen molar-refractivity contribution in [3.8, 4) is 0 Å². The zero-order valence-corrected chi connectivity index (χ0v) is 11.0. The van der Waals surface area contributed by atoms with Gasteiger partial charge in [0.05, 0.1) is 6.54 Å². The number of hydrogen-bond donors (Lipinski definition) is 2. The number of carbonyl (C=O) groups excluding carboxylic acids is 1. The first-order valence-corrected chi connectivity index (χ1v) is 6.13. The van der Waals surface area contributed by atoms with Crippen LogP contribution in [-0.2, 0) is 17.9 Å². The number of aryl methyl sites for hydroxylation is 2. The average Bonchev–Trinajstić information content (AvgIpc) is 3.03. The Kier molecular flexibility index (Phi) is 4.19. The van der Waals surface area contributed by atoms with Gasteiger partial charge in [0, 0.05) is 25.4 Å². The summed E-state index contributed by atoms with van der Waals surface area (Å²) in [6.07, 6.45) is 3.73. The molecule has 2 heterocycles. The van der Waals surface area contributed by atoms with Crippen LogP contribution in [0.25, 0.3) is 0 Å². The number of carboxylic acids is 1. The number of amides is 1. The van der Waals surface area contributed by atoms with Gasteiger partial charge in [-0.25, -0.2) is 4.79 Å². The first-order valence-electron chi connectivity index (χ1n) is 6.13. The monoisotopic (exact) mass is 277 g/mol. The predicted molar refractivity (Wildman–Crippen MR) is 69.1 cm³/mol. The van der Waals surface area contributed by atoms with E-state index in [2.05, 4.69) is 10.4 Å². The second kappa shape index (κ2) is 6.05. The Morgan fingerprint density at radius 2 is 2.30 bits per heavy atom. The summed E-state index contributed by atoms with van der Waals surface area (Å²) in [5, 5.41) is 15.6. The number of nitrogens with one attached hydrogen (secondary N) is 1. The molecule has 20 heavy (non-hydrogen) atoms. The first kappa shape index (κ1) is 13.9. The molecule has 0 spiro atoms. The maximum atomic E-state index is 11.6. The van der Waals surface area contributed by atoms with Gasteiger partial charge in [-0.15, -0.1) is 0 Å². The molecule has 2 aromatic rings. The minimum absolute atomic E-state index is 0.116. The SMILES string of the molecule is Cc1oc(CNC(=O)CCn2cccn2)cc1C(=O)O. The van der Waals surface area contributed by atoms with Crippen molar-refractivity contribution in [2.24, 2.45) is 0 Å². The molecule has 0 saturated heterocycles. The molecule has 0 aliphatic carbocycles. The maximum absolute atomic E-state index is 11.6. The van der Waals surface area contributed by atoms with Crippen molar-refractivity contribution in [2.75, 3.05) is 0 Å². The van der Waals surface area contributed by atoms with Gasteiger partial charge in [0.2, 0.25) is 5.91 Å². The van der Waals surface area contributed by atoms with E-state index in [4.69, 9.17) is 9.52 Å². The van der Waals surface area contributed by atoms with Crippen LogP contribution in [0.4, 0.5) is 0 Å². The molecule has 2 rings (SSSR count). The molecule has 0 unspecified atom stereocenters. The van der Waals surface area contributed by atoms with E-state index in [1.165, 1.54) is 6.07 Å². The fourth-order valence-corrected chi connectivity index (χ4v) is 1.77. The van der Waals surface area contributed by atoms with Gasteiger partial charge in [0.1, 0.15) is 17.1 Å². The zero-order valence-electron chi connectivity index (χ0n) is 11.0. The normalized spacial score (nSPS) is 10.4. The summed E-state index contributed by atoms with van der Waals surface area (Å²) in [5.41, 5.74) is 0.116. The van der Waals surface area contributed by atoms with Crippen molar-refractivity contribution in [3.63, 3.8) is 0 Å². The Morgan fingerprint density at radius 1 is 1.50 bits per heavy atom. The molecule has 0 radical (unpaired) electrons. The molecule has 1 amide bonds. The van der Waals surface area contributed by atoms with E-state index in [1.807, 2.05) is 0 Å². The van der Waals surface area contributed by atoms with Crippen LogP contribution in [0.1, 0.15) is 28.3 Å². The number of carboxylic acid groups (broad SMARTS) is 1. The largest absolute Gasteiger partial charge is 0.478 e. The van der Waals surface area contributed by atoms with Gasteiger partial charge < -0.3 is 14.8 Å². The highest BCUT2D eigenvalue weighted by Crippen LogP contribution is 2.14. The Hall–Kier alpha value is -2.57. The Labute approximate surface area is 115 Å². The van der Waals surface area contributed by atoms with Crippen LogP contribution < -0.4 is 5.32 Å². The van der Waals surface area contributed by atoms with Crippen LogP contribution in [0, 0.1) is 6.92 Å². The van der Waals surface area contributed by atoms with Crippen molar-refractivity contribution in [1.82, 2.24) is 15.1 Å². The van der Waals surface area contributed by atoms with E-state index in [0.717, 1.165) is 0 Å². The van der Waals surface area contributed by atoms with Crippen LogP contribution in [0.2, 0.25) is 0 Å². The van der Waals surface area contributed by atoms with E-state index in [9.17, 15) is 9.59 Å². The van der Waals surface area contributed by atoms with Gasteiger partial charge in [0.15, 0.2) is 0 Å². The van der Waals surface area contributed by atoms with Gasteiger partial charge >= 0.3 is 5.97 Å². The highest BCUT2D eigenvalue weighted by atomic mass is 16.4. The number of furan rings is 1. The lowest BCUT2D eigenvalue weighted by atomic mass is 10.2. The van der Waals surface area contributed by atoms with E-state index >= 15 is 0 Å². The molecular weight excluding hydrogens is 262 g/mol. The van der Waals surface area contributed by atoms with Crippen LogP contribution in [-0.4, -0.2) is 26.8 Å². The standard InChI is InChI=1S/C13H15N3O4/c1-9-11(13(18)19)7-10(20-9)8-14-12(17)3-6-16-5-2-4-15-16/h2,4-5,7H,3,6,8H2,1H3,(H,14,17)(H,18,19). The lowest BCUT2D eigenvalue weighted by Gasteiger charge is -2.03. The van der Waals surface area contributed by atoms with Crippen LogP contribution in [0.15, 0.2) is 28.9 Å². The number of hydrogen-bond acceptors (Lipinski definition) is 4. The van der Waals surface area contributed by atoms with Crippen molar-refractivity contribution in [2.45, 2.75) is 26.4 Å². The Bertz CT molecular complexity index is 601. The van der Waals surface area contributed by atoms with Crippen molar-refractivity contribution in [3.05, 3.63) is 41.6 Å².